The van der Waals surface area contributed by atoms with Crippen LogP contribution in [0.3, 0.4) is 0 Å². The van der Waals surface area contributed by atoms with E-state index in [1.807, 2.05) is 12.1 Å². The van der Waals surface area contributed by atoms with Gasteiger partial charge in [0.15, 0.2) is 0 Å². The minimum atomic E-state index is 0.505. The lowest BCUT2D eigenvalue weighted by Crippen LogP contribution is -2.09. The Morgan fingerprint density at radius 3 is 2.72 bits per heavy atom. The number of anilines is 1. The standard InChI is InChI=1S/C15H23N3/c1-4-6-11(3)18-14-9-8-12(16)10-13(14)17-15(18)7-5-2/h8-11H,4-7,16H2,1-3H3. The van der Waals surface area contributed by atoms with Gasteiger partial charge in [0.2, 0.25) is 0 Å². The van der Waals surface area contributed by atoms with Crippen LogP contribution < -0.4 is 5.73 Å². The Bertz CT molecular complexity index is 528. The molecule has 0 saturated carbocycles. The van der Waals surface area contributed by atoms with Gasteiger partial charge in [-0.3, -0.25) is 0 Å². The fourth-order valence-electron chi connectivity index (χ4n) is 2.60. The molecule has 0 fully saturated rings. The third-order valence-corrected chi connectivity index (χ3v) is 3.41. The van der Waals surface area contributed by atoms with Crippen molar-refractivity contribution in [3.05, 3.63) is 24.0 Å². The monoisotopic (exact) mass is 245 g/mol. The van der Waals surface area contributed by atoms with Crippen molar-refractivity contribution in [3.8, 4) is 0 Å². The van der Waals surface area contributed by atoms with Crippen molar-refractivity contribution >= 4 is 16.7 Å². The molecule has 1 aromatic heterocycles. The number of imidazole rings is 1. The van der Waals surface area contributed by atoms with Gasteiger partial charge in [-0.15, -0.1) is 0 Å². The maximum atomic E-state index is 5.84. The smallest absolute Gasteiger partial charge is 0.110 e. The summed E-state index contributed by atoms with van der Waals surface area (Å²) < 4.78 is 2.39. The van der Waals surface area contributed by atoms with Crippen LogP contribution in [0.5, 0.6) is 0 Å². The Morgan fingerprint density at radius 2 is 2.06 bits per heavy atom. The van der Waals surface area contributed by atoms with Gasteiger partial charge < -0.3 is 10.3 Å². The highest BCUT2D eigenvalue weighted by atomic mass is 15.1. The highest BCUT2D eigenvalue weighted by Crippen LogP contribution is 2.26. The number of hydrogen-bond donors (Lipinski definition) is 1. The van der Waals surface area contributed by atoms with Gasteiger partial charge in [0, 0.05) is 18.2 Å². The quantitative estimate of drug-likeness (QED) is 0.811. The fraction of sp³-hybridized carbons (Fsp3) is 0.533. The maximum absolute atomic E-state index is 5.84. The van der Waals surface area contributed by atoms with Crippen LogP contribution in [0.1, 0.15) is 51.9 Å². The highest BCUT2D eigenvalue weighted by Gasteiger charge is 2.14. The van der Waals surface area contributed by atoms with Gasteiger partial charge in [0.1, 0.15) is 5.82 Å². The van der Waals surface area contributed by atoms with Crippen LogP contribution in [0.15, 0.2) is 18.2 Å². The van der Waals surface area contributed by atoms with E-state index in [1.165, 1.54) is 24.2 Å². The first kappa shape index (κ1) is 12.9. The van der Waals surface area contributed by atoms with E-state index in [-0.39, 0.29) is 0 Å². The van der Waals surface area contributed by atoms with E-state index in [4.69, 9.17) is 10.7 Å². The molecular formula is C15H23N3. The van der Waals surface area contributed by atoms with Crippen LogP contribution in [0.4, 0.5) is 5.69 Å². The fourth-order valence-corrected chi connectivity index (χ4v) is 2.60. The first-order chi connectivity index (χ1) is 8.67. The molecule has 2 N–H and O–H groups in total. The molecule has 1 atom stereocenters. The van der Waals surface area contributed by atoms with E-state index in [0.29, 0.717) is 6.04 Å². The van der Waals surface area contributed by atoms with E-state index >= 15 is 0 Å². The van der Waals surface area contributed by atoms with Gasteiger partial charge >= 0.3 is 0 Å². The number of nitrogens with two attached hydrogens (primary N) is 1. The molecular weight excluding hydrogens is 222 g/mol. The average Bonchev–Trinajstić information content (AvgIpc) is 2.67. The number of aromatic nitrogens is 2. The molecule has 0 amide bonds. The van der Waals surface area contributed by atoms with Gasteiger partial charge in [-0.25, -0.2) is 4.98 Å². The zero-order valence-electron chi connectivity index (χ0n) is 11.6. The van der Waals surface area contributed by atoms with Gasteiger partial charge in [0.05, 0.1) is 11.0 Å². The summed E-state index contributed by atoms with van der Waals surface area (Å²) in [6.45, 7) is 6.70. The second-order valence-electron chi connectivity index (χ2n) is 5.03. The molecule has 0 bridgehead atoms. The number of hydrogen-bond acceptors (Lipinski definition) is 2. The van der Waals surface area contributed by atoms with Crippen molar-refractivity contribution in [3.63, 3.8) is 0 Å². The summed E-state index contributed by atoms with van der Waals surface area (Å²) in [6, 6.07) is 6.55. The maximum Gasteiger partial charge on any atom is 0.110 e. The molecule has 3 heteroatoms. The number of nitrogen functional groups attached to an aromatic ring is 1. The molecule has 1 unspecified atom stereocenters. The summed E-state index contributed by atoms with van der Waals surface area (Å²) in [6.07, 6.45) is 4.54. The molecule has 0 aliphatic heterocycles. The van der Waals surface area contributed by atoms with Crippen molar-refractivity contribution in [1.82, 2.24) is 9.55 Å². The molecule has 0 radical (unpaired) electrons. The minimum Gasteiger partial charge on any atom is -0.399 e. The van der Waals surface area contributed by atoms with Crippen LogP contribution in [0, 0.1) is 0 Å². The predicted molar refractivity (Wildman–Crippen MR) is 77.8 cm³/mol. The van der Waals surface area contributed by atoms with Crippen LogP contribution >= 0.6 is 0 Å². The van der Waals surface area contributed by atoms with Crippen molar-refractivity contribution in [2.45, 2.75) is 52.5 Å². The van der Waals surface area contributed by atoms with E-state index in [2.05, 4.69) is 31.4 Å². The van der Waals surface area contributed by atoms with E-state index < -0.39 is 0 Å². The summed E-state index contributed by atoms with van der Waals surface area (Å²) in [5, 5.41) is 0. The molecule has 2 aromatic rings. The Balaban J connectivity index is 2.54. The molecule has 2 rings (SSSR count). The molecule has 3 nitrogen and oxygen atoms in total. The molecule has 1 aromatic carbocycles. The average molecular weight is 245 g/mol. The lowest BCUT2D eigenvalue weighted by Gasteiger charge is -2.16. The summed E-state index contributed by atoms with van der Waals surface area (Å²) in [5.74, 6) is 1.19. The Hall–Kier alpha value is -1.51. The van der Waals surface area contributed by atoms with Crippen molar-refractivity contribution < 1.29 is 0 Å². The SMILES string of the molecule is CCCc1nc2cc(N)ccc2n1C(C)CCC. The topological polar surface area (TPSA) is 43.8 Å². The normalized spacial score (nSPS) is 13.1. The van der Waals surface area contributed by atoms with E-state index in [9.17, 15) is 0 Å². The van der Waals surface area contributed by atoms with Crippen LogP contribution in [0.2, 0.25) is 0 Å². The third-order valence-electron chi connectivity index (χ3n) is 3.41. The lowest BCUT2D eigenvalue weighted by atomic mass is 10.1. The van der Waals surface area contributed by atoms with Crippen LogP contribution in [0.25, 0.3) is 11.0 Å². The number of nitrogens with zero attached hydrogens (tertiary/aromatic N) is 2. The highest BCUT2D eigenvalue weighted by molar-refractivity contribution is 5.79. The first-order valence-corrected chi connectivity index (χ1v) is 6.93. The van der Waals surface area contributed by atoms with Crippen molar-refractivity contribution in [1.29, 1.82) is 0 Å². The number of benzene rings is 1. The number of fused-ring (bicyclic) bond motifs is 1. The molecule has 0 aliphatic rings. The van der Waals surface area contributed by atoms with E-state index in [1.54, 1.807) is 0 Å². The van der Waals surface area contributed by atoms with Crippen molar-refractivity contribution in [2.24, 2.45) is 0 Å². The molecule has 0 saturated heterocycles. The first-order valence-electron chi connectivity index (χ1n) is 6.93. The summed E-state index contributed by atoms with van der Waals surface area (Å²) in [7, 11) is 0. The zero-order chi connectivity index (χ0) is 13.1. The Kier molecular flexibility index (Phi) is 3.90. The van der Waals surface area contributed by atoms with E-state index in [0.717, 1.165) is 24.0 Å². The minimum absolute atomic E-state index is 0.505. The third kappa shape index (κ3) is 2.35. The van der Waals surface area contributed by atoms with Crippen LogP contribution in [-0.4, -0.2) is 9.55 Å². The number of aryl methyl sites for hydroxylation is 1. The second-order valence-corrected chi connectivity index (χ2v) is 5.03. The Labute approximate surface area is 109 Å². The molecule has 98 valence electrons. The molecule has 0 spiro atoms. The molecule has 18 heavy (non-hydrogen) atoms. The van der Waals surface area contributed by atoms with Gasteiger partial charge in [-0.2, -0.15) is 0 Å². The van der Waals surface area contributed by atoms with Gasteiger partial charge in [-0.05, 0) is 38.0 Å². The Morgan fingerprint density at radius 1 is 1.28 bits per heavy atom. The zero-order valence-corrected chi connectivity index (χ0v) is 11.6. The van der Waals surface area contributed by atoms with Gasteiger partial charge in [-0.1, -0.05) is 20.3 Å². The number of rotatable bonds is 5. The lowest BCUT2D eigenvalue weighted by molar-refractivity contribution is 0.492. The summed E-state index contributed by atoms with van der Waals surface area (Å²) >= 11 is 0. The predicted octanol–water partition coefficient (Wildman–Crippen LogP) is 3.93. The summed E-state index contributed by atoms with van der Waals surface area (Å²) in [4.78, 5) is 4.75. The van der Waals surface area contributed by atoms with Gasteiger partial charge in [0.25, 0.3) is 0 Å². The molecule has 1 heterocycles. The summed E-state index contributed by atoms with van der Waals surface area (Å²) in [5.41, 5.74) is 8.88. The molecule has 0 aliphatic carbocycles. The van der Waals surface area contributed by atoms with Crippen molar-refractivity contribution in [2.75, 3.05) is 5.73 Å². The van der Waals surface area contributed by atoms with Crippen LogP contribution in [-0.2, 0) is 6.42 Å². The second kappa shape index (κ2) is 5.42. The largest absolute Gasteiger partial charge is 0.399 e.